The minimum Gasteiger partial charge on any atom is -0.360 e. The number of nitrogens with zero attached hydrogens (tertiary/aromatic N) is 3. The lowest BCUT2D eigenvalue weighted by atomic mass is 10.1. The predicted octanol–water partition coefficient (Wildman–Crippen LogP) is 1.55. The molecule has 1 aromatic carbocycles. The van der Waals surface area contributed by atoms with E-state index in [-0.39, 0.29) is 11.5 Å². The van der Waals surface area contributed by atoms with Gasteiger partial charge in [-0.2, -0.15) is 10.5 Å². The average molecular weight is 238 g/mol. The molecule has 1 aliphatic rings. The number of rotatable bonds is 2. The molecule has 1 heterocycles. The van der Waals surface area contributed by atoms with Crippen molar-refractivity contribution in [2.45, 2.75) is 6.42 Å². The summed E-state index contributed by atoms with van der Waals surface area (Å²) in [6, 6.07) is 9.03. The largest absolute Gasteiger partial charge is 0.360 e. The van der Waals surface area contributed by atoms with Crippen molar-refractivity contribution in [2.24, 2.45) is 0 Å². The van der Waals surface area contributed by atoms with E-state index in [1.165, 1.54) is 6.20 Å². The molecule has 0 bridgehead atoms. The van der Waals surface area contributed by atoms with Gasteiger partial charge in [-0.25, -0.2) is 0 Å². The van der Waals surface area contributed by atoms with Crippen LogP contribution in [-0.2, 0) is 11.2 Å². The van der Waals surface area contributed by atoms with Gasteiger partial charge in [-0.15, -0.1) is 0 Å². The van der Waals surface area contributed by atoms with Gasteiger partial charge in [-0.3, -0.25) is 4.79 Å². The normalized spacial score (nSPS) is 12.4. The molecule has 88 valence electrons. The molecule has 1 N–H and O–H groups in total. The minimum absolute atomic E-state index is 0.0000653. The SMILES string of the molecule is CN1C(=O)Cc2ccc(NC=C(C#N)C#N)cc21. The van der Waals surface area contributed by atoms with Gasteiger partial charge in [0, 0.05) is 24.6 Å². The lowest BCUT2D eigenvalue weighted by molar-refractivity contribution is -0.117. The van der Waals surface area contributed by atoms with E-state index in [9.17, 15) is 4.79 Å². The molecule has 5 heteroatoms. The number of hydrogen-bond acceptors (Lipinski definition) is 4. The van der Waals surface area contributed by atoms with Gasteiger partial charge >= 0.3 is 0 Å². The third kappa shape index (κ3) is 2.02. The molecule has 0 fully saturated rings. The zero-order chi connectivity index (χ0) is 13.1. The average Bonchev–Trinajstić information content (AvgIpc) is 2.67. The Morgan fingerprint density at radius 3 is 2.83 bits per heavy atom. The second-order valence-corrected chi connectivity index (χ2v) is 3.90. The minimum atomic E-state index is -0.0000653. The van der Waals surface area contributed by atoms with E-state index in [1.807, 2.05) is 18.2 Å². The highest BCUT2D eigenvalue weighted by Gasteiger charge is 2.23. The molecule has 5 nitrogen and oxygen atoms in total. The van der Waals surface area contributed by atoms with E-state index in [0.29, 0.717) is 6.42 Å². The Kier molecular flexibility index (Phi) is 2.99. The number of benzene rings is 1. The van der Waals surface area contributed by atoms with E-state index in [4.69, 9.17) is 10.5 Å². The van der Waals surface area contributed by atoms with Crippen LogP contribution in [0.25, 0.3) is 0 Å². The fourth-order valence-electron chi connectivity index (χ4n) is 1.78. The first kappa shape index (κ1) is 11.7. The van der Waals surface area contributed by atoms with Gasteiger partial charge in [0.15, 0.2) is 0 Å². The number of hydrogen-bond donors (Lipinski definition) is 1. The molecule has 2 rings (SSSR count). The molecule has 0 saturated heterocycles. The van der Waals surface area contributed by atoms with Crippen molar-refractivity contribution < 1.29 is 4.79 Å². The summed E-state index contributed by atoms with van der Waals surface area (Å²) in [6.45, 7) is 0. The number of allylic oxidation sites excluding steroid dienone is 1. The molecular weight excluding hydrogens is 228 g/mol. The maximum atomic E-state index is 11.5. The van der Waals surface area contributed by atoms with Crippen LogP contribution >= 0.6 is 0 Å². The summed E-state index contributed by atoms with van der Waals surface area (Å²) >= 11 is 0. The summed E-state index contributed by atoms with van der Waals surface area (Å²) in [5.41, 5.74) is 2.57. The first-order valence-corrected chi connectivity index (χ1v) is 5.32. The number of fused-ring (bicyclic) bond motifs is 1. The van der Waals surface area contributed by atoms with Crippen LogP contribution in [0.4, 0.5) is 11.4 Å². The molecule has 0 radical (unpaired) electrons. The van der Waals surface area contributed by atoms with Crippen molar-refractivity contribution in [3.8, 4) is 12.1 Å². The van der Waals surface area contributed by atoms with E-state index in [2.05, 4.69) is 5.32 Å². The second kappa shape index (κ2) is 4.60. The van der Waals surface area contributed by atoms with E-state index < -0.39 is 0 Å². The van der Waals surface area contributed by atoms with E-state index in [0.717, 1.165) is 16.9 Å². The fraction of sp³-hybridized carbons (Fsp3) is 0.154. The molecule has 1 amide bonds. The monoisotopic (exact) mass is 238 g/mol. The van der Waals surface area contributed by atoms with Crippen LogP contribution in [0.3, 0.4) is 0 Å². The zero-order valence-electron chi connectivity index (χ0n) is 9.77. The van der Waals surface area contributed by atoms with Crippen molar-refractivity contribution in [1.82, 2.24) is 0 Å². The Morgan fingerprint density at radius 2 is 2.17 bits per heavy atom. The second-order valence-electron chi connectivity index (χ2n) is 3.90. The summed E-state index contributed by atoms with van der Waals surface area (Å²) < 4.78 is 0. The van der Waals surface area contributed by atoms with Crippen molar-refractivity contribution in [3.05, 3.63) is 35.5 Å². The third-order valence-electron chi connectivity index (χ3n) is 2.79. The van der Waals surface area contributed by atoms with Crippen LogP contribution in [0.15, 0.2) is 30.0 Å². The van der Waals surface area contributed by atoms with Crippen molar-refractivity contribution in [3.63, 3.8) is 0 Å². The number of nitriles is 2. The van der Waals surface area contributed by atoms with Gasteiger partial charge < -0.3 is 10.2 Å². The highest BCUT2D eigenvalue weighted by atomic mass is 16.2. The van der Waals surface area contributed by atoms with Crippen LogP contribution in [0, 0.1) is 22.7 Å². The zero-order valence-corrected chi connectivity index (χ0v) is 9.77. The molecule has 18 heavy (non-hydrogen) atoms. The Hall–Kier alpha value is -2.79. The molecule has 0 saturated carbocycles. The van der Waals surface area contributed by atoms with Gasteiger partial charge in [-0.1, -0.05) is 6.07 Å². The molecule has 1 aliphatic heterocycles. The number of amides is 1. The standard InChI is InChI=1S/C13H10N4O/c1-17-12-5-11(16-8-9(6-14)7-15)3-2-10(12)4-13(17)18/h2-3,5,8,16H,4H2,1H3. The van der Waals surface area contributed by atoms with Gasteiger partial charge in [0.2, 0.25) is 5.91 Å². The van der Waals surface area contributed by atoms with Crippen molar-refractivity contribution >= 4 is 17.3 Å². The summed E-state index contributed by atoms with van der Waals surface area (Å²) in [5.74, 6) is 0.0624. The summed E-state index contributed by atoms with van der Waals surface area (Å²) in [6.07, 6.45) is 1.77. The topological polar surface area (TPSA) is 79.9 Å². The van der Waals surface area contributed by atoms with Crippen LogP contribution in [0.2, 0.25) is 0 Å². The number of likely N-dealkylation sites (N-methyl/N-ethyl adjacent to an activating group) is 1. The first-order chi connectivity index (χ1) is 8.65. The van der Waals surface area contributed by atoms with Crippen molar-refractivity contribution in [2.75, 3.05) is 17.3 Å². The van der Waals surface area contributed by atoms with Gasteiger partial charge in [0.25, 0.3) is 0 Å². The van der Waals surface area contributed by atoms with Crippen LogP contribution < -0.4 is 10.2 Å². The lowest BCUT2D eigenvalue weighted by Crippen LogP contribution is -2.20. The molecule has 0 aliphatic carbocycles. The summed E-state index contributed by atoms with van der Waals surface area (Å²) in [7, 11) is 1.73. The quantitative estimate of drug-likeness (QED) is 0.792. The Labute approximate surface area is 105 Å². The Bertz CT molecular complexity index is 603. The highest BCUT2D eigenvalue weighted by Crippen LogP contribution is 2.30. The van der Waals surface area contributed by atoms with Crippen molar-refractivity contribution in [1.29, 1.82) is 10.5 Å². The third-order valence-corrected chi connectivity index (χ3v) is 2.79. The molecule has 1 aromatic rings. The number of anilines is 2. The Morgan fingerprint density at radius 1 is 1.44 bits per heavy atom. The maximum absolute atomic E-state index is 11.5. The predicted molar refractivity (Wildman–Crippen MR) is 66.5 cm³/mol. The van der Waals surface area contributed by atoms with Gasteiger partial charge in [0.05, 0.1) is 6.42 Å². The molecule has 0 spiro atoms. The first-order valence-electron chi connectivity index (χ1n) is 5.32. The van der Waals surface area contributed by atoms with E-state index in [1.54, 1.807) is 24.1 Å². The summed E-state index contributed by atoms with van der Waals surface area (Å²) in [4.78, 5) is 13.1. The molecule has 0 aromatic heterocycles. The maximum Gasteiger partial charge on any atom is 0.231 e. The van der Waals surface area contributed by atoms with Gasteiger partial charge in [-0.05, 0) is 17.7 Å². The number of carbonyl (C=O) groups excluding carboxylic acids is 1. The van der Waals surface area contributed by atoms with Crippen LogP contribution in [0.5, 0.6) is 0 Å². The van der Waals surface area contributed by atoms with Gasteiger partial charge in [0.1, 0.15) is 17.7 Å². The van der Waals surface area contributed by atoms with Crippen LogP contribution in [0.1, 0.15) is 5.56 Å². The van der Waals surface area contributed by atoms with E-state index >= 15 is 0 Å². The lowest BCUT2D eigenvalue weighted by Gasteiger charge is -2.11. The number of carbonyl (C=O) groups is 1. The highest BCUT2D eigenvalue weighted by molar-refractivity contribution is 6.01. The smallest absolute Gasteiger partial charge is 0.231 e. The Balaban J connectivity index is 2.25. The molecular formula is C13H10N4O. The summed E-state index contributed by atoms with van der Waals surface area (Å²) in [5, 5.41) is 20.1. The fourth-order valence-corrected chi connectivity index (χ4v) is 1.78. The molecule has 0 unspecified atom stereocenters. The number of nitrogens with one attached hydrogen (secondary N) is 1. The van der Waals surface area contributed by atoms with Crippen LogP contribution in [-0.4, -0.2) is 13.0 Å². The molecule has 0 atom stereocenters.